The van der Waals surface area contributed by atoms with Crippen molar-refractivity contribution in [3.05, 3.63) is 53.6 Å². The average Bonchev–Trinajstić information content (AvgIpc) is 2.55. The summed E-state index contributed by atoms with van der Waals surface area (Å²) in [4.78, 5) is 12.4. The van der Waals surface area contributed by atoms with Crippen molar-refractivity contribution in [1.29, 1.82) is 0 Å². The molecule has 1 N–H and O–H groups in total. The van der Waals surface area contributed by atoms with E-state index in [0.717, 1.165) is 5.56 Å². The molecule has 4 nitrogen and oxygen atoms in total. The molecule has 0 heterocycles. The van der Waals surface area contributed by atoms with Gasteiger partial charge < -0.3 is 14.8 Å². The molecule has 0 saturated heterocycles. The second kappa shape index (κ2) is 7.68. The quantitative estimate of drug-likeness (QED) is 0.873. The molecule has 0 saturated carbocycles. The smallest absolute Gasteiger partial charge is 0.265 e. The SMILES string of the molecule is CCC(Oc1ccc(C)c(C)c1)C(=O)Nc1cccc(OC)c1. The van der Waals surface area contributed by atoms with E-state index in [4.69, 9.17) is 9.47 Å². The Kier molecular flexibility index (Phi) is 5.63. The second-order valence-corrected chi connectivity index (χ2v) is 5.48. The average molecular weight is 313 g/mol. The Hall–Kier alpha value is -2.49. The van der Waals surface area contributed by atoms with Gasteiger partial charge in [0.05, 0.1) is 7.11 Å². The molecular formula is C19H23NO3. The van der Waals surface area contributed by atoms with E-state index >= 15 is 0 Å². The van der Waals surface area contributed by atoms with Gasteiger partial charge >= 0.3 is 0 Å². The van der Waals surface area contributed by atoms with Gasteiger partial charge in [-0.25, -0.2) is 0 Å². The normalized spacial score (nSPS) is 11.7. The van der Waals surface area contributed by atoms with Crippen LogP contribution in [-0.4, -0.2) is 19.1 Å². The topological polar surface area (TPSA) is 47.6 Å². The fraction of sp³-hybridized carbons (Fsp3) is 0.316. The minimum atomic E-state index is -0.539. The molecule has 0 aromatic heterocycles. The van der Waals surface area contributed by atoms with E-state index in [0.29, 0.717) is 23.6 Å². The van der Waals surface area contributed by atoms with Crippen molar-refractivity contribution < 1.29 is 14.3 Å². The zero-order chi connectivity index (χ0) is 16.8. The van der Waals surface area contributed by atoms with Gasteiger partial charge in [0.1, 0.15) is 11.5 Å². The van der Waals surface area contributed by atoms with E-state index in [-0.39, 0.29) is 5.91 Å². The Labute approximate surface area is 137 Å². The van der Waals surface area contributed by atoms with Crippen LogP contribution in [-0.2, 0) is 4.79 Å². The summed E-state index contributed by atoms with van der Waals surface area (Å²) in [6.07, 6.45) is 0.0474. The molecule has 0 fully saturated rings. The van der Waals surface area contributed by atoms with Gasteiger partial charge in [-0.3, -0.25) is 4.79 Å². The van der Waals surface area contributed by atoms with Crippen LogP contribution in [0.2, 0.25) is 0 Å². The number of benzene rings is 2. The van der Waals surface area contributed by atoms with Gasteiger partial charge in [-0.05, 0) is 55.7 Å². The van der Waals surface area contributed by atoms with Gasteiger partial charge in [-0.1, -0.05) is 19.1 Å². The highest BCUT2D eigenvalue weighted by Gasteiger charge is 2.19. The van der Waals surface area contributed by atoms with Gasteiger partial charge in [0, 0.05) is 11.8 Å². The van der Waals surface area contributed by atoms with Crippen LogP contribution in [0.5, 0.6) is 11.5 Å². The van der Waals surface area contributed by atoms with E-state index in [2.05, 4.69) is 5.32 Å². The summed E-state index contributed by atoms with van der Waals surface area (Å²) >= 11 is 0. The van der Waals surface area contributed by atoms with Crippen molar-refractivity contribution in [2.45, 2.75) is 33.3 Å². The highest BCUT2D eigenvalue weighted by Crippen LogP contribution is 2.20. The molecule has 2 aromatic carbocycles. The Morgan fingerprint density at radius 2 is 1.87 bits per heavy atom. The number of aryl methyl sites for hydroxylation is 2. The Balaban J connectivity index is 2.07. The van der Waals surface area contributed by atoms with Gasteiger partial charge in [-0.15, -0.1) is 0 Å². The van der Waals surface area contributed by atoms with E-state index in [9.17, 15) is 4.79 Å². The predicted molar refractivity (Wildman–Crippen MR) is 92.2 cm³/mol. The monoisotopic (exact) mass is 313 g/mol. The minimum absolute atomic E-state index is 0.168. The fourth-order valence-electron chi connectivity index (χ4n) is 2.20. The van der Waals surface area contributed by atoms with Gasteiger partial charge in [0.2, 0.25) is 0 Å². The number of methoxy groups -OCH3 is 1. The number of rotatable bonds is 6. The number of hydrogen-bond acceptors (Lipinski definition) is 3. The molecule has 1 amide bonds. The Morgan fingerprint density at radius 3 is 2.52 bits per heavy atom. The zero-order valence-corrected chi connectivity index (χ0v) is 14.1. The Bertz CT molecular complexity index is 682. The predicted octanol–water partition coefficient (Wildman–Crippen LogP) is 4.11. The van der Waals surface area contributed by atoms with Crippen LogP contribution in [0.25, 0.3) is 0 Å². The van der Waals surface area contributed by atoms with E-state index in [1.165, 1.54) is 5.56 Å². The summed E-state index contributed by atoms with van der Waals surface area (Å²) in [5.74, 6) is 1.24. The highest BCUT2D eigenvalue weighted by atomic mass is 16.5. The van der Waals surface area contributed by atoms with Crippen LogP contribution in [0.1, 0.15) is 24.5 Å². The maximum Gasteiger partial charge on any atom is 0.265 e. The molecule has 0 aliphatic heterocycles. The van der Waals surface area contributed by atoms with Crippen molar-refractivity contribution >= 4 is 11.6 Å². The van der Waals surface area contributed by atoms with Crippen molar-refractivity contribution in [3.8, 4) is 11.5 Å². The summed E-state index contributed by atoms with van der Waals surface area (Å²) in [7, 11) is 1.60. The lowest BCUT2D eigenvalue weighted by molar-refractivity contribution is -0.122. The maximum absolute atomic E-state index is 12.4. The van der Waals surface area contributed by atoms with E-state index < -0.39 is 6.10 Å². The zero-order valence-electron chi connectivity index (χ0n) is 14.1. The van der Waals surface area contributed by atoms with Crippen molar-refractivity contribution in [2.24, 2.45) is 0 Å². The minimum Gasteiger partial charge on any atom is -0.497 e. The van der Waals surface area contributed by atoms with E-state index in [1.54, 1.807) is 13.2 Å². The number of amides is 1. The van der Waals surface area contributed by atoms with Crippen LogP contribution in [0.3, 0.4) is 0 Å². The van der Waals surface area contributed by atoms with Crippen molar-refractivity contribution in [2.75, 3.05) is 12.4 Å². The largest absolute Gasteiger partial charge is 0.497 e. The molecule has 122 valence electrons. The number of nitrogens with one attached hydrogen (secondary N) is 1. The number of carbonyl (C=O) groups is 1. The third kappa shape index (κ3) is 4.49. The molecule has 23 heavy (non-hydrogen) atoms. The standard InChI is InChI=1S/C19H23NO3/c1-5-18(23-17-10-9-13(2)14(3)11-17)19(21)20-15-7-6-8-16(12-15)22-4/h6-12,18H,5H2,1-4H3,(H,20,21). The summed E-state index contributed by atoms with van der Waals surface area (Å²) in [5.41, 5.74) is 3.04. The molecule has 0 aliphatic rings. The third-order valence-corrected chi connectivity index (χ3v) is 3.76. The van der Waals surface area contributed by atoms with Crippen LogP contribution in [0.4, 0.5) is 5.69 Å². The summed E-state index contributed by atoms with van der Waals surface area (Å²) in [6, 6.07) is 13.1. The first-order valence-electron chi connectivity index (χ1n) is 7.72. The number of carbonyl (C=O) groups excluding carboxylic acids is 1. The molecular weight excluding hydrogens is 290 g/mol. The molecule has 0 spiro atoms. The van der Waals surface area contributed by atoms with Crippen LogP contribution in [0, 0.1) is 13.8 Å². The molecule has 1 atom stereocenters. The Morgan fingerprint density at radius 1 is 1.09 bits per heavy atom. The maximum atomic E-state index is 12.4. The van der Waals surface area contributed by atoms with E-state index in [1.807, 2.05) is 57.2 Å². The molecule has 4 heteroatoms. The van der Waals surface area contributed by atoms with Crippen LogP contribution < -0.4 is 14.8 Å². The lowest BCUT2D eigenvalue weighted by Gasteiger charge is -2.18. The third-order valence-electron chi connectivity index (χ3n) is 3.76. The number of anilines is 1. The summed E-state index contributed by atoms with van der Waals surface area (Å²) in [6.45, 7) is 6.00. The summed E-state index contributed by atoms with van der Waals surface area (Å²) in [5, 5.41) is 2.87. The first kappa shape index (κ1) is 16.9. The van der Waals surface area contributed by atoms with Gasteiger partial charge in [0.25, 0.3) is 5.91 Å². The molecule has 0 radical (unpaired) electrons. The lowest BCUT2D eigenvalue weighted by atomic mass is 10.1. The van der Waals surface area contributed by atoms with Crippen molar-refractivity contribution in [3.63, 3.8) is 0 Å². The first-order chi connectivity index (χ1) is 11.0. The molecule has 2 rings (SSSR count). The summed E-state index contributed by atoms with van der Waals surface area (Å²) < 4.78 is 11.0. The van der Waals surface area contributed by atoms with Crippen LogP contribution in [0.15, 0.2) is 42.5 Å². The number of ether oxygens (including phenoxy) is 2. The molecule has 1 unspecified atom stereocenters. The molecule has 0 bridgehead atoms. The second-order valence-electron chi connectivity index (χ2n) is 5.48. The lowest BCUT2D eigenvalue weighted by Crippen LogP contribution is -2.32. The van der Waals surface area contributed by atoms with Gasteiger partial charge in [-0.2, -0.15) is 0 Å². The molecule has 2 aromatic rings. The number of hydrogen-bond donors (Lipinski definition) is 1. The fourth-order valence-corrected chi connectivity index (χ4v) is 2.20. The first-order valence-corrected chi connectivity index (χ1v) is 7.72. The molecule has 0 aliphatic carbocycles. The van der Waals surface area contributed by atoms with Crippen LogP contribution >= 0.6 is 0 Å². The van der Waals surface area contributed by atoms with Gasteiger partial charge in [0.15, 0.2) is 6.10 Å². The highest BCUT2D eigenvalue weighted by molar-refractivity contribution is 5.94. The van der Waals surface area contributed by atoms with Crippen molar-refractivity contribution in [1.82, 2.24) is 0 Å².